The molecule has 5 heteroatoms. The number of alkyl carbamates (subject to hydrolysis) is 1. The van der Waals surface area contributed by atoms with E-state index >= 15 is 0 Å². The molecular weight excluding hydrogens is 240 g/mol. The van der Waals surface area contributed by atoms with Crippen LogP contribution in [0.15, 0.2) is 30.3 Å². The van der Waals surface area contributed by atoms with Gasteiger partial charge in [-0.2, -0.15) is 5.26 Å². The Kier molecular flexibility index (Phi) is 5.91. The molecule has 1 atom stereocenters. The molecule has 0 saturated heterocycles. The Labute approximate surface area is 105 Å². The first-order valence-electron chi connectivity index (χ1n) is 5.16. The van der Waals surface area contributed by atoms with E-state index in [4.69, 9.17) is 21.6 Å². The van der Waals surface area contributed by atoms with Gasteiger partial charge in [0.2, 0.25) is 0 Å². The molecule has 0 radical (unpaired) electrons. The minimum atomic E-state index is -0.560. The molecule has 90 valence electrons. The molecule has 1 aromatic carbocycles. The summed E-state index contributed by atoms with van der Waals surface area (Å²) in [6.45, 7) is 0.203. The minimum absolute atomic E-state index is 0.171. The monoisotopic (exact) mass is 252 g/mol. The fourth-order valence-electron chi connectivity index (χ4n) is 1.19. The van der Waals surface area contributed by atoms with Gasteiger partial charge in [-0.1, -0.05) is 30.3 Å². The van der Waals surface area contributed by atoms with Gasteiger partial charge in [0.1, 0.15) is 6.61 Å². The van der Waals surface area contributed by atoms with Gasteiger partial charge in [0, 0.05) is 5.88 Å². The van der Waals surface area contributed by atoms with Crippen molar-refractivity contribution in [1.82, 2.24) is 5.32 Å². The maximum absolute atomic E-state index is 11.4. The number of benzene rings is 1. The van der Waals surface area contributed by atoms with Crippen molar-refractivity contribution in [2.24, 2.45) is 0 Å². The van der Waals surface area contributed by atoms with E-state index in [1.54, 1.807) is 0 Å². The van der Waals surface area contributed by atoms with E-state index in [1.807, 2.05) is 36.4 Å². The average Bonchev–Trinajstić information content (AvgIpc) is 2.37. The zero-order valence-electron chi connectivity index (χ0n) is 9.23. The summed E-state index contributed by atoms with van der Waals surface area (Å²) in [5.41, 5.74) is 0.908. The number of ether oxygens (including phenoxy) is 1. The van der Waals surface area contributed by atoms with Crippen LogP contribution in [-0.4, -0.2) is 18.0 Å². The van der Waals surface area contributed by atoms with Crippen LogP contribution in [0.1, 0.15) is 12.0 Å². The van der Waals surface area contributed by atoms with E-state index in [1.165, 1.54) is 0 Å². The highest BCUT2D eigenvalue weighted by Gasteiger charge is 2.11. The summed E-state index contributed by atoms with van der Waals surface area (Å²) < 4.78 is 4.99. The lowest BCUT2D eigenvalue weighted by Gasteiger charge is -2.12. The maximum atomic E-state index is 11.4. The summed E-state index contributed by atoms with van der Waals surface area (Å²) in [5.74, 6) is 0.188. The fraction of sp³-hybridized carbons (Fsp3) is 0.333. The summed E-state index contributed by atoms with van der Waals surface area (Å²) in [6.07, 6.45) is -0.390. The van der Waals surface area contributed by atoms with Gasteiger partial charge in [0.15, 0.2) is 0 Å². The Morgan fingerprint density at radius 1 is 1.47 bits per heavy atom. The molecule has 0 bridgehead atoms. The van der Waals surface area contributed by atoms with Gasteiger partial charge >= 0.3 is 6.09 Å². The molecule has 1 N–H and O–H groups in total. The van der Waals surface area contributed by atoms with Crippen molar-refractivity contribution in [3.8, 4) is 6.07 Å². The Bertz CT molecular complexity index is 389. The first-order valence-corrected chi connectivity index (χ1v) is 5.70. The number of hydrogen-bond acceptors (Lipinski definition) is 3. The van der Waals surface area contributed by atoms with Crippen molar-refractivity contribution in [2.75, 3.05) is 5.88 Å². The number of alkyl halides is 1. The summed E-state index contributed by atoms with van der Waals surface area (Å²) in [6, 6.07) is 10.9. The van der Waals surface area contributed by atoms with Crippen molar-refractivity contribution in [1.29, 1.82) is 5.26 Å². The molecular formula is C12H13ClN2O2. The third-order valence-corrected chi connectivity index (χ3v) is 2.43. The van der Waals surface area contributed by atoms with Gasteiger partial charge < -0.3 is 10.1 Å². The lowest BCUT2D eigenvalue weighted by atomic mass is 10.2. The number of carbonyl (C=O) groups is 1. The maximum Gasteiger partial charge on any atom is 0.407 e. The Balaban J connectivity index is 2.33. The number of nitriles is 1. The smallest absolute Gasteiger partial charge is 0.407 e. The molecule has 0 aliphatic carbocycles. The van der Waals surface area contributed by atoms with Crippen LogP contribution in [0.5, 0.6) is 0 Å². The van der Waals surface area contributed by atoms with Crippen LogP contribution >= 0.6 is 11.6 Å². The highest BCUT2D eigenvalue weighted by atomic mass is 35.5. The predicted octanol–water partition coefficient (Wildman–Crippen LogP) is 2.43. The SMILES string of the molecule is N#CCC(CCl)NC(=O)OCc1ccccc1. The molecule has 0 aliphatic rings. The fourth-order valence-corrected chi connectivity index (χ4v) is 1.37. The highest BCUT2D eigenvalue weighted by Crippen LogP contribution is 2.01. The normalized spacial score (nSPS) is 11.3. The number of carbonyl (C=O) groups excluding carboxylic acids is 1. The van der Waals surface area contributed by atoms with Crippen molar-refractivity contribution in [3.05, 3.63) is 35.9 Å². The third-order valence-electron chi connectivity index (χ3n) is 2.06. The molecule has 0 aliphatic heterocycles. The molecule has 4 nitrogen and oxygen atoms in total. The molecule has 0 heterocycles. The molecule has 0 aromatic heterocycles. The molecule has 17 heavy (non-hydrogen) atoms. The molecule has 1 rings (SSSR count). The van der Waals surface area contributed by atoms with Crippen LogP contribution in [0.4, 0.5) is 4.79 Å². The number of amides is 1. The minimum Gasteiger partial charge on any atom is -0.445 e. The Morgan fingerprint density at radius 2 is 2.18 bits per heavy atom. The first-order chi connectivity index (χ1) is 8.26. The van der Waals surface area contributed by atoms with Crippen molar-refractivity contribution < 1.29 is 9.53 Å². The van der Waals surface area contributed by atoms with Gasteiger partial charge in [-0.25, -0.2) is 4.79 Å². The zero-order valence-corrected chi connectivity index (χ0v) is 9.98. The molecule has 1 aromatic rings. The third kappa shape index (κ3) is 5.23. The van der Waals surface area contributed by atoms with Crippen molar-refractivity contribution in [2.45, 2.75) is 19.1 Å². The number of nitrogens with zero attached hydrogens (tertiary/aromatic N) is 1. The molecule has 0 fully saturated rings. The van der Waals surface area contributed by atoms with Crippen LogP contribution in [0.3, 0.4) is 0 Å². The van der Waals surface area contributed by atoms with E-state index in [0.29, 0.717) is 0 Å². The standard InChI is InChI=1S/C12H13ClN2O2/c13-8-11(6-7-14)15-12(16)17-9-10-4-2-1-3-5-10/h1-5,11H,6,8-9H2,(H,15,16). The van der Waals surface area contributed by atoms with E-state index in [2.05, 4.69) is 5.32 Å². The van der Waals surface area contributed by atoms with Crippen molar-refractivity contribution >= 4 is 17.7 Å². The second kappa shape index (κ2) is 7.53. The van der Waals surface area contributed by atoms with Gasteiger partial charge in [-0.05, 0) is 5.56 Å². The van der Waals surface area contributed by atoms with E-state index in [9.17, 15) is 4.79 Å². The molecule has 1 unspecified atom stereocenters. The molecule has 0 saturated carbocycles. The van der Waals surface area contributed by atoms with Gasteiger partial charge in [-0.3, -0.25) is 0 Å². The number of halogens is 1. The van der Waals surface area contributed by atoms with Gasteiger partial charge in [0.25, 0.3) is 0 Å². The van der Waals surface area contributed by atoms with Crippen LogP contribution in [0, 0.1) is 11.3 Å². The molecule has 1 amide bonds. The van der Waals surface area contributed by atoms with E-state index in [-0.39, 0.29) is 24.9 Å². The zero-order chi connectivity index (χ0) is 12.5. The number of hydrogen-bond donors (Lipinski definition) is 1. The summed E-state index contributed by atoms with van der Waals surface area (Å²) in [5, 5.41) is 11.0. The summed E-state index contributed by atoms with van der Waals surface area (Å²) in [7, 11) is 0. The number of nitrogens with one attached hydrogen (secondary N) is 1. The van der Waals surface area contributed by atoms with Crippen LogP contribution in [0.25, 0.3) is 0 Å². The second-order valence-electron chi connectivity index (χ2n) is 3.42. The molecule has 0 spiro atoms. The number of rotatable bonds is 5. The Hall–Kier alpha value is -1.73. The van der Waals surface area contributed by atoms with Crippen LogP contribution in [0.2, 0.25) is 0 Å². The lowest BCUT2D eigenvalue weighted by molar-refractivity contribution is 0.136. The van der Waals surface area contributed by atoms with Gasteiger partial charge in [-0.15, -0.1) is 11.6 Å². The topological polar surface area (TPSA) is 62.1 Å². The van der Waals surface area contributed by atoms with Crippen LogP contribution in [-0.2, 0) is 11.3 Å². The predicted molar refractivity (Wildman–Crippen MR) is 64.5 cm³/mol. The highest BCUT2D eigenvalue weighted by molar-refractivity contribution is 6.18. The van der Waals surface area contributed by atoms with E-state index in [0.717, 1.165) is 5.56 Å². The van der Waals surface area contributed by atoms with Crippen molar-refractivity contribution in [3.63, 3.8) is 0 Å². The summed E-state index contributed by atoms with van der Waals surface area (Å²) in [4.78, 5) is 11.4. The quantitative estimate of drug-likeness (QED) is 0.819. The van der Waals surface area contributed by atoms with E-state index < -0.39 is 6.09 Å². The van der Waals surface area contributed by atoms with Crippen LogP contribution < -0.4 is 5.32 Å². The summed E-state index contributed by atoms with van der Waals surface area (Å²) >= 11 is 5.59. The van der Waals surface area contributed by atoms with Gasteiger partial charge in [0.05, 0.1) is 18.5 Å². The second-order valence-corrected chi connectivity index (χ2v) is 3.73. The average molecular weight is 253 g/mol. The first kappa shape index (κ1) is 13.3. The largest absolute Gasteiger partial charge is 0.445 e. The lowest BCUT2D eigenvalue weighted by Crippen LogP contribution is -2.36. The Morgan fingerprint density at radius 3 is 2.76 bits per heavy atom.